The van der Waals surface area contributed by atoms with Gasteiger partial charge < -0.3 is 14.2 Å². The molecule has 0 N–H and O–H groups in total. The molecule has 0 spiro atoms. The number of hydrogen-bond acceptors (Lipinski definition) is 6. The minimum absolute atomic E-state index is 0.0916. The monoisotopic (exact) mass is 977 g/mol. The van der Waals surface area contributed by atoms with Gasteiger partial charge in [-0.25, -0.2) is 0 Å². The van der Waals surface area contributed by atoms with E-state index in [0.717, 1.165) is 109 Å². The fourth-order valence-corrected chi connectivity index (χ4v) is 8.48. The second-order valence-corrected chi connectivity index (χ2v) is 19.9. The van der Waals surface area contributed by atoms with Gasteiger partial charge in [-0.05, 0) is 83.5 Å². The Morgan fingerprint density at radius 3 is 0.971 bits per heavy atom. The standard InChI is InChI=1S/C64H112O6/c1-4-7-10-13-16-19-22-25-28-31-33-36-39-42-45-48-51-54-57-63(66)69-60-61(59-68-62(65)56-53-50-47-44-41-38-35-30-27-24-21-18-15-12-9-6-3)70-64(67)58-55-52-49-46-43-40-37-34-32-29-26-23-20-17-14-11-8-5-2/h9,12,18,21,27-28,30-31,33,36,38,41,61H,4-8,10-11,13-17,19-20,22-26,29,32,34-35,37,39-40,42-60H2,1-3H3/b12-9-,21-18-,30-27-,31-28-,36-33-,41-38-. The Balaban J connectivity index is 4.43. The maximum atomic E-state index is 12.9. The van der Waals surface area contributed by atoms with Crippen LogP contribution >= 0.6 is 0 Å². The Morgan fingerprint density at radius 2 is 0.600 bits per heavy atom. The number of allylic oxidation sites excluding steroid dienone is 12. The van der Waals surface area contributed by atoms with Crippen LogP contribution in [0.3, 0.4) is 0 Å². The summed E-state index contributed by atoms with van der Waals surface area (Å²) < 4.78 is 16.9. The highest BCUT2D eigenvalue weighted by Crippen LogP contribution is 2.16. The highest BCUT2D eigenvalue weighted by Gasteiger charge is 2.19. The summed E-state index contributed by atoms with van der Waals surface area (Å²) in [5.74, 6) is -0.924. The number of unbranched alkanes of at least 4 members (excludes halogenated alkanes) is 32. The topological polar surface area (TPSA) is 78.9 Å². The lowest BCUT2D eigenvalue weighted by atomic mass is 10.0. The maximum Gasteiger partial charge on any atom is 0.306 e. The third kappa shape index (κ3) is 55.8. The van der Waals surface area contributed by atoms with Crippen molar-refractivity contribution in [2.24, 2.45) is 0 Å². The second-order valence-electron chi connectivity index (χ2n) is 19.9. The van der Waals surface area contributed by atoms with E-state index in [4.69, 9.17) is 14.2 Å². The summed E-state index contributed by atoms with van der Waals surface area (Å²) in [7, 11) is 0. The van der Waals surface area contributed by atoms with E-state index in [-0.39, 0.29) is 31.1 Å². The smallest absolute Gasteiger partial charge is 0.306 e. The fraction of sp³-hybridized carbons (Fsp3) is 0.766. The minimum atomic E-state index is -0.794. The molecule has 0 radical (unpaired) electrons. The van der Waals surface area contributed by atoms with Gasteiger partial charge in [0.05, 0.1) is 0 Å². The zero-order valence-electron chi connectivity index (χ0n) is 46.3. The molecule has 0 aromatic rings. The first-order valence-corrected chi connectivity index (χ1v) is 30.0. The predicted molar refractivity (Wildman–Crippen MR) is 302 cm³/mol. The van der Waals surface area contributed by atoms with Crippen molar-refractivity contribution in [3.05, 3.63) is 72.9 Å². The van der Waals surface area contributed by atoms with E-state index in [9.17, 15) is 14.4 Å². The highest BCUT2D eigenvalue weighted by atomic mass is 16.6. The van der Waals surface area contributed by atoms with E-state index < -0.39 is 6.10 Å². The molecular formula is C64H112O6. The van der Waals surface area contributed by atoms with E-state index in [0.29, 0.717) is 19.3 Å². The van der Waals surface area contributed by atoms with Crippen molar-refractivity contribution in [3.8, 4) is 0 Å². The molecule has 0 aliphatic carbocycles. The number of hydrogen-bond donors (Lipinski definition) is 0. The summed E-state index contributed by atoms with van der Waals surface area (Å²) in [5, 5.41) is 0. The van der Waals surface area contributed by atoms with Crippen LogP contribution in [0.4, 0.5) is 0 Å². The third-order valence-corrected chi connectivity index (χ3v) is 13.0. The molecule has 0 bridgehead atoms. The van der Waals surface area contributed by atoms with Crippen LogP contribution in [0.5, 0.6) is 0 Å². The van der Waals surface area contributed by atoms with Crippen molar-refractivity contribution in [2.45, 2.75) is 303 Å². The molecule has 6 heteroatoms. The maximum absolute atomic E-state index is 12.9. The minimum Gasteiger partial charge on any atom is -0.462 e. The lowest BCUT2D eigenvalue weighted by Crippen LogP contribution is -2.30. The molecule has 0 amide bonds. The summed E-state index contributed by atoms with van der Waals surface area (Å²) in [4.78, 5) is 38.2. The van der Waals surface area contributed by atoms with Gasteiger partial charge in [-0.2, -0.15) is 0 Å². The van der Waals surface area contributed by atoms with Crippen LogP contribution in [-0.2, 0) is 28.6 Å². The molecule has 0 fully saturated rings. The fourth-order valence-electron chi connectivity index (χ4n) is 8.48. The molecule has 0 aromatic carbocycles. The van der Waals surface area contributed by atoms with Crippen LogP contribution in [0, 0.1) is 0 Å². The molecule has 404 valence electrons. The van der Waals surface area contributed by atoms with Gasteiger partial charge >= 0.3 is 17.9 Å². The summed E-state index contributed by atoms with van der Waals surface area (Å²) >= 11 is 0. The van der Waals surface area contributed by atoms with Gasteiger partial charge in [0.25, 0.3) is 0 Å². The molecule has 0 aromatic heterocycles. The average Bonchev–Trinajstić information content (AvgIpc) is 3.36. The van der Waals surface area contributed by atoms with Crippen molar-refractivity contribution in [2.75, 3.05) is 13.2 Å². The molecule has 70 heavy (non-hydrogen) atoms. The van der Waals surface area contributed by atoms with Crippen LogP contribution in [-0.4, -0.2) is 37.2 Å². The number of esters is 3. The Kier molecular flexibility index (Phi) is 55.8. The van der Waals surface area contributed by atoms with Crippen LogP contribution in [0.1, 0.15) is 297 Å². The first-order chi connectivity index (χ1) is 34.5. The van der Waals surface area contributed by atoms with E-state index in [2.05, 4.69) is 93.7 Å². The quantitative estimate of drug-likeness (QED) is 0.0199. The van der Waals surface area contributed by atoms with Crippen molar-refractivity contribution >= 4 is 17.9 Å². The zero-order chi connectivity index (χ0) is 50.7. The van der Waals surface area contributed by atoms with Crippen molar-refractivity contribution < 1.29 is 28.6 Å². The first kappa shape index (κ1) is 66.9. The molecule has 0 aliphatic rings. The number of rotatable bonds is 54. The first-order valence-electron chi connectivity index (χ1n) is 30.0. The third-order valence-electron chi connectivity index (χ3n) is 13.0. The SMILES string of the molecule is CC/C=C\C/C=C\C/C=C\C/C=C\CCCCCC(=O)OCC(COC(=O)CCCCCCC/C=C\C=C/CCCCCCCCC)OC(=O)CCCCCCCCCCCCCCCCCCCC. The van der Waals surface area contributed by atoms with E-state index >= 15 is 0 Å². The van der Waals surface area contributed by atoms with E-state index in [1.807, 2.05) is 0 Å². The molecule has 1 unspecified atom stereocenters. The molecule has 0 saturated heterocycles. The molecule has 6 nitrogen and oxygen atoms in total. The van der Waals surface area contributed by atoms with Gasteiger partial charge in [0.2, 0.25) is 0 Å². The molecule has 0 rings (SSSR count). The van der Waals surface area contributed by atoms with Crippen LogP contribution in [0.2, 0.25) is 0 Å². The molecular weight excluding hydrogens is 865 g/mol. The van der Waals surface area contributed by atoms with E-state index in [1.54, 1.807) is 0 Å². The number of carbonyl (C=O) groups excluding carboxylic acids is 3. The highest BCUT2D eigenvalue weighted by molar-refractivity contribution is 5.71. The zero-order valence-corrected chi connectivity index (χ0v) is 46.3. The summed E-state index contributed by atoms with van der Waals surface area (Å²) in [6.07, 6.45) is 74.7. The Hall–Kier alpha value is -3.15. The molecule has 0 heterocycles. The average molecular weight is 978 g/mol. The van der Waals surface area contributed by atoms with E-state index in [1.165, 1.54) is 148 Å². The van der Waals surface area contributed by atoms with Crippen molar-refractivity contribution in [1.29, 1.82) is 0 Å². The molecule has 1 atom stereocenters. The summed E-state index contributed by atoms with van der Waals surface area (Å²) in [6.45, 7) is 6.51. The molecule has 0 saturated carbocycles. The Bertz CT molecular complexity index is 1310. The van der Waals surface area contributed by atoms with Crippen LogP contribution in [0.15, 0.2) is 72.9 Å². The Labute approximate surface area is 433 Å². The molecule has 0 aliphatic heterocycles. The van der Waals surface area contributed by atoms with Gasteiger partial charge in [0, 0.05) is 19.3 Å². The van der Waals surface area contributed by atoms with Gasteiger partial charge in [0.1, 0.15) is 13.2 Å². The van der Waals surface area contributed by atoms with Gasteiger partial charge in [0.15, 0.2) is 6.10 Å². The summed E-state index contributed by atoms with van der Waals surface area (Å²) in [6, 6.07) is 0. The second kappa shape index (κ2) is 58.4. The number of ether oxygens (including phenoxy) is 3. The number of carbonyl (C=O) groups is 3. The summed E-state index contributed by atoms with van der Waals surface area (Å²) in [5.41, 5.74) is 0. The van der Waals surface area contributed by atoms with Gasteiger partial charge in [-0.3, -0.25) is 14.4 Å². The van der Waals surface area contributed by atoms with Gasteiger partial charge in [-0.1, -0.05) is 267 Å². The van der Waals surface area contributed by atoms with Gasteiger partial charge in [-0.15, -0.1) is 0 Å². The van der Waals surface area contributed by atoms with Crippen molar-refractivity contribution in [1.82, 2.24) is 0 Å². The lowest BCUT2D eigenvalue weighted by molar-refractivity contribution is -0.167. The van der Waals surface area contributed by atoms with Crippen LogP contribution < -0.4 is 0 Å². The van der Waals surface area contributed by atoms with Crippen LogP contribution in [0.25, 0.3) is 0 Å². The Morgan fingerprint density at radius 1 is 0.314 bits per heavy atom. The lowest BCUT2D eigenvalue weighted by Gasteiger charge is -2.18. The predicted octanol–water partition coefficient (Wildman–Crippen LogP) is 20.2. The normalized spacial score (nSPS) is 12.6. The largest absolute Gasteiger partial charge is 0.462 e. The van der Waals surface area contributed by atoms with Crippen molar-refractivity contribution in [3.63, 3.8) is 0 Å².